The number of alkyl halides is 1. The minimum atomic E-state index is 0.189. The molecule has 0 bridgehead atoms. The van der Waals surface area contributed by atoms with Crippen molar-refractivity contribution < 1.29 is 0 Å². The average molecular weight is 282 g/mol. The standard InChI is InChI=1S/C13H20ClN5/c1-9(15)3-4-12-18-11-7-10(16-6-5-14)8-17-13(11)19(12)2/h7-9,16H,3-6,15H2,1-2H3. The molecule has 0 saturated carbocycles. The predicted octanol–water partition coefficient (Wildman–Crippen LogP) is 1.90. The quantitative estimate of drug-likeness (QED) is 0.794. The second-order valence-electron chi connectivity index (χ2n) is 4.79. The van der Waals surface area contributed by atoms with E-state index in [0.717, 1.165) is 42.1 Å². The topological polar surface area (TPSA) is 68.8 Å². The number of nitrogens with zero attached hydrogens (tertiary/aromatic N) is 3. The third kappa shape index (κ3) is 3.36. The Morgan fingerprint density at radius 2 is 2.32 bits per heavy atom. The number of anilines is 1. The fourth-order valence-corrected chi connectivity index (χ4v) is 2.09. The molecule has 0 aliphatic heterocycles. The van der Waals surface area contributed by atoms with Crippen LogP contribution >= 0.6 is 11.6 Å². The van der Waals surface area contributed by atoms with Gasteiger partial charge in [-0.1, -0.05) is 0 Å². The molecule has 0 amide bonds. The first-order valence-corrected chi connectivity index (χ1v) is 7.02. The summed E-state index contributed by atoms with van der Waals surface area (Å²) in [6.45, 7) is 2.73. The van der Waals surface area contributed by atoms with Gasteiger partial charge in [-0.15, -0.1) is 11.6 Å². The minimum Gasteiger partial charge on any atom is -0.383 e. The summed E-state index contributed by atoms with van der Waals surface area (Å²) < 4.78 is 2.03. The van der Waals surface area contributed by atoms with Gasteiger partial charge in [-0.05, 0) is 19.4 Å². The van der Waals surface area contributed by atoms with Gasteiger partial charge in [0.25, 0.3) is 0 Å². The summed E-state index contributed by atoms with van der Waals surface area (Å²) in [5.74, 6) is 1.59. The van der Waals surface area contributed by atoms with Crippen molar-refractivity contribution in [3.05, 3.63) is 18.1 Å². The second-order valence-corrected chi connectivity index (χ2v) is 5.16. The Kier molecular flexibility index (Phi) is 4.61. The molecule has 3 N–H and O–H groups in total. The third-order valence-electron chi connectivity index (χ3n) is 3.05. The lowest BCUT2D eigenvalue weighted by Gasteiger charge is -2.04. The van der Waals surface area contributed by atoms with Gasteiger partial charge in [0.15, 0.2) is 5.65 Å². The smallest absolute Gasteiger partial charge is 0.159 e. The highest BCUT2D eigenvalue weighted by atomic mass is 35.5. The molecule has 0 radical (unpaired) electrons. The first-order valence-electron chi connectivity index (χ1n) is 6.48. The SMILES string of the molecule is CC(N)CCc1nc2cc(NCCCl)cnc2n1C. The van der Waals surface area contributed by atoms with Crippen LogP contribution in [0.4, 0.5) is 5.69 Å². The zero-order chi connectivity index (χ0) is 13.8. The van der Waals surface area contributed by atoms with Crippen LogP contribution in [0.3, 0.4) is 0 Å². The molecule has 104 valence electrons. The molecule has 0 aliphatic carbocycles. The fraction of sp³-hybridized carbons (Fsp3) is 0.538. The summed E-state index contributed by atoms with van der Waals surface area (Å²) in [5, 5.41) is 3.20. The van der Waals surface area contributed by atoms with Crippen molar-refractivity contribution in [2.45, 2.75) is 25.8 Å². The first-order chi connectivity index (χ1) is 9.11. The van der Waals surface area contributed by atoms with Gasteiger partial charge in [-0.25, -0.2) is 9.97 Å². The Bertz CT molecular complexity index is 549. The van der Waals surface area contributed by atoms with E-state index in [9.17, 15) is 0 Å². The number of hydrogen-bond acceptors (Lipinski definition) is 4. The lowest BCUT2D eigenvalue weighted by atomic mass is 10.2. The molecule has 2 heterocycles. The number of fused-ring (bicyclic) bond motifs is 1. The zero-order valence-corrected chi connectivity index (χ0v) is 12.1. The van der Waals surface area contributed by atoms with Gasteiger partial charge in [-0.2, -0.15) is 0 Å². The molecule has 0 aromatic carbocycles. The van der Waals surface area contributed by atoms with E-state index in [-0.39, 0.29) is 6.04 Å². The maximum Gasteiger partial charge on any atom is 0.159 e. The van der Waals surface area contributed by atoms with Gasteiger partial charge in [0.2, 0.25) is 0 Å². The maximum atomic E-state index is 5.79. The Morgan fingerprint density at radius 1 is 1.53 bits per heavy atom. The van der Waals surface area contributed by atoms with Gasteiger partial charge in [0.05, 0.1) is 11.9 Å². The minimum absolute atomic E-state index is 0.189. The molecule has 0 fully saturated rings. The van der Waals surface area contributed by atoms with Crippen molar-refractivity contribution in [2.75, 3.05) is 17.7 Å². The number of hydrogen-bond donors (Lipinski definition) is 2. The molecule has 0 aliphatic rings. The van der Waals surface area contributed by atoms with Crippen LogP contribution in [-0.4, -0.2) is 33.0 Å². The highest BCUT2D eigenvalue weighted by molar-refractivity contribution is 6.18. The lowest BCUT2D eigenvalue weighted by Crippen LogP contribution is -2.16. The molecular formula is C13H20ClN5. The van der Waals surface area contributed by atoms with Crippen LogP contribution in [0.15, 0.2) is 12.3 Å². The van der Waals surface area contributed by atoms with Crippen LogP contribution in [0.25, 0.3) is 11.2 Å². The number of pyridine rings is 1. The van der Waals surface area contributed by atoms with Crippen LogP contribution in [0.5, 0.6) is 0 Å². The molecule has 6 heteroatoms. The van der Waals surface area contributed by atoms with Gasteiger partial charge < -0.3 is 15.6 Å². The number of halogens is 1. The van der Waals surface area contributed by atoms with Crippen molar-refractivity contribution >= 4 is 28.5 Å². The molecule has 1 unspecified atom stereocenters. The predicted molar refractivity (Wildman–Crippen MR) is 79.7 cm³/mol. The second kappa shape index (κ2) is 6.21. The maximum absolute atomic E-state index is 5.79. The summed E-state index contributed by atoms with van der Waals surface area (Å²) >= 11 is 5.66. The number of rotatable bonds is 6. The average Bonchev–Trinajstić information content (AvgIpc) is 2.70. The van der Waals surface area contributed by atoms with Crippen LogP contribution in [0.2, 0.25) is 0 Å². The van der Waals surface area contributed by atoms with E-state index in [1.807, 2.05) is 30.8 Å². The molecule has 1 atom stereocenters. The van der Waals surface area contributed by atoms with Gasteiger partial charge in [-0.3, -0.25) is 0 Å². The number of imidazole rings is 1. The Balaban J connectivity index is 2.23. The van der Waals surface area contributed by atoms with E-state index < -0.39 is 0 Å². The van der Waals surface area contributed by atoms with Crippen LogP contribution in [0.1, 0.15) is 19.2 Å². The summed E-state index contributed by atoms with van der Waals surface area (Å²) in [6.07, 6.45) is 3.61. The molecule has 5 nitrogen and oxygen atoms in total. The lowest BCUT2D eigenvalue weighted by molar-refractivity contribution is 0.635. The van der Waals surface area contributed by atoms with E-state index in [1.54, 1.807) is 0 Å². The van der Waals surface area contributed by atoms with E-state index in [1.165, 1.54) is 0 Å². The highest BCUT2D eigenvalue weighted by Gasteiger charge is 2.10. The Labute approximate surface area is 118 Å². The Hall–Kier alpha value is -1.33. The number of nitrogens with two attached hydrogens (primary N) is 1. The van der Waals surface area contributed by atoms with Gasteiger partial charge in [0.1, 0.15) is 11.3 Å². The summed E-state index contributed by atoms with van der Waals surface area (Å²) in [6, 6.07) is 2.19. The van der Waals surface area contributed by atoms with E-state index in [4.69, 9.17) is 17.3 Å². The van der Waals surface area contributed by atoms with Crippen molar-refractivity contribution in [2.24, 2.45) is 12.8 Å². The van der Waals surface area contributed by atoms with Crippen molar-refractivity contribution in [3.63, 3.8) is 0 Å². The molecule has 0 saturated heterocycles. The first kappa shape index (κ1) is 14.1. The molecule has 19 heavy (non-hydrogen) atoms. The van der Waals surface area contributed by atoms with E-state index in [0.29, 0.717) is 5.88 Å². The summed E-state index contributed by atoms with van der Waals surface area (Å²) in [7, 11) is 1.99. The van der Waals surface area contributed by atoms with E-state index >= 15 is 0 Å². The van der Waals surface area contributed by atoms with Crippen LogP contribution < -0.4 is 11.1 Å². The van der Waals surface area contributed by atoms with Gasteiger partial charge in [0, 0.05) is 31.9 Å². The fourth-order valence-electron chi connectivity index (χ4n) is 1.99. The van der Waals surface area contributed by atoms with Crippen molar-refractivity contribution in [3.8, 4) is 0 Å². The normalized spacial score (nSPS) is 12.8. The summed E-state index contributed by atoms with van der Waals surface area (Å²) in [4.78, 5) is 9.07. The highest BCUT2D eigenvalue weighted by Crippen LogP contribution is 2.17. The molecule has 2 aromatic heterocycles. The number of aromatic nitrogens is 3. The van der Waals surface area contributed by atoms with Crippen LogP contribution in [-0.2, 0) is 13.5 Å². The summed E-state index contributed by atoms with van der Waals surface area (Å²) in [5.41, 5.74) is 8.54. The van der Waals surface area contributed by atoms with Crippen LogP contribution in [0, 0.1) is 0 Å². The monoisotopic (exact) mass is 281 g/mol. The van der Waals surface area contributed by atoms with E-state index in [2.05, 4.69) is 15.3 Å². The van der Waals surface area contributed by atoms with Crippen molar-refractivity contribution in [1.29, 1.82) is 0 Å². The molecular weight excluding hydrogens is 262 g/mol. The molecule has 2 aromatic rings. The van der Waals surface area contributed by atoms with Crippen molar-refractivity contribution in [1.82, 2.24) is 14.5 Å². The molecule has 0 spiro atoms. The molecule has 2 rings (SSSR count). The Morgan fingerprint density at radius 3 is 3.00 bits per heavy atom. The third-order valence-corrected chi connectivity index (χ3v) is 3.24. The number of nitrogens with one attached hydrogen (secondary N) is 1. The largest absolute Gasteiger partial charge is 0.383 e. The van der Waals surface area contributed by atoms with Gasteiger partial charge >= 0.3 is 0 Å². The number of aryl methyl sites for hydroxylation is 2. The zero-order valence-electron chi connectivity index (χ0n) is 11.4.